The van der Waals surface area contributed by atoms with Crippen LogP contribution in [-0.2, 0) is 9.53 Å². The van der Waals surface area contributed by atoms with Crippen LogP contribution in [0.1, 0.15) is 45.4 Å². The highest BCUT2D eigenvalue weighted by Gasteiger charge is 2.31. The van der Waals surface area contributed by atoms with Crippen LogP contribution >= 0.6 is 0 Å². The standard InChI is InChI=1S/C13H23NO2/c1-2-12-5-3-4-8-14(12)13(15)11-6-9-16-10-7-11/h11-12H,2-10H2,1H3/t12-/m0/s1. The first-order valence-electron chi connectivity index (χ1n) is 6.71. The second-order valence-corrected chi connectivity index (χ2v) is 4.98. The molecule has 0 radical (unpaired) electrons. The molecule has 92 valence electrons. The summed E-state index contributed by atoms with van der Waals surface area (Å²) >= 11 is 0. The van der Waals surface area contributed by atoms with Crippen molar-refractivity contribution in [2.45, 2.75) is 51.5 Å². The smallest absolute Gasteiger partial charge is 0.226 e. The topological polar surface area (TPSA) is 29.5 Å². The van der Waals surface area contributed by atoms with Crippen LogP contribution in [0.15, 0.2) is 0 Å². The van der Waals surface area contributed by atoms with Crippen LogP contribution in [0.25, 0.3) is 0 Å². The highest BCUT2D eigenvalue weighted by Crippen LogP contribution is 2.25. The van der Waals surface area contributed by atoms with Gasteiger partial charge in [0.2, 0.25) is 5.91 Å². The molecule has 16 heavy (non-hydrogen) atoms. The van der Waals surface area contributed by atoms with Gasteiger partial charge in [0.05, 0.1) is 0 Å². The lowest BCUT2D eigenvalue weighted by molar-refractivity contribution is -0.142. The van der Waals surface area contributed by atoms with Crippen molar-refractivity contribution in [3.8, 4) is 0 Å². The second kappa shape index (κ2) is 5.67. The maximum atomic E-state index is 12.4. The fourth-order valence-corrected chi connectivity index (χ4v) is 2.89. The normalized spacial score (nSPS) is 28.1. The first-order valence-corrected chi connectivity index (χ1v) is 6.71. The molecule has 1 atom stereocenters. The molecule has 0 aromatic carbocycles. The molecule has 2 aliphatic heterocycles. The molecule has 2 fully saturated rings. The number of nitrogens with zero attached hydrogens (tertiary/aromatic N) is 1. The Morgan fingerprint density at radius 3 is 2.69 bits per heavy atom. The van der Waals surface area contributed by atoms with E-state index >= 15 is 0 Å². The summed E-state index contributed by atoms with van der Waals surface area (Å²) < 4.78 is 5.32. The van der Waals surface area contributed by atoms with Gasteiger partial charge in [0.15, 0.2) is 0 Å². The molecule has 2 heterocycles. The number of hydrogen-bond donors (Lipinski definition) is 0. The Balaban J connectivity index is 1.95. The van der Waals surface area contributed by atoms with Crippen LogP contribution in [0, 0.1) is 5.92 Å². The predicted octanol–water partition coefficient (Wildman–Crippen LogP) is 2.20. The van der Waals surface area contributed by atoms with Crippen molar-refractivity contribution in [2.24, 2.45) is 5.92 Å². The summed E-state index contributed by atoms with van der Waals surface area (Å²) in [7, 11) is 0. The van der Waals surface area contributed by atoms with E-state index < -0.39 is 0 Å². The fraction of sp³-hybridized carbons (Fsp3) is 0.923. The van der Waals surface area contributed by atoms with Gasteiger partial charge in [-0.05, 0) is 38.5 Å². The number of carbonyl (C=O) groups is 1. The first-order chi connectivity index (χ1) is 7.83. The zero-order chi connectivity index (χ0) is 11.4. The number of rotatable bonds is 2. The van der Waals surface area contributed by atoms with E-state index in [2.05, 4.69) is 11.8 Å². The van der Waals surface area contributed by atoms with Gasteiger partial charge in [-0.25, -0.2) is 0 Å². The van der Waals surface area contributed by atoms with Gasteiger partial charge in [-0.3, -0.25) is 4.79 Å². The number of ether oxygens (including phenoxy) is 1. The summed E-state index contributed by atoms with van der Waals surface area (Å²) in [6.45, 7) is 4.71. The molecule has 0 unspecified atom stereocenters. The summed E-state index contributed by atoms with van der Waals surface area (Å²) in [5.74, 6) is 0.635. The number of hydrogen-bond acceptors (Lipinski definition) is 2. The van der Waals surface area contributed by atoms with Crippen molar-refractivity contribution >= 4 is 5.91 Å². The molecule has 0 aliphatic carbocycles. The van der Waals surface area contributed by atoms with Crippen molar-refractivity contribution in [2.75, 3.05) is 19.8 Å². The molecule has 0 aromatic heterocycles. The van der Waals surface area contributed by atoms with E-state index in [9.17, 15) is 4.79 Å². The summed E-state index contributed by atoms with van der Waals surface area (Å²) in [4.78, 5) is 14.5. The van der Waals surface area contributed by atoms with E-state index in [0.717, 1.165) is 39.0 Å². The molecule has 1 amide bonds. The van der Waals surface area contributed by atoms with Gasteiger partial charge >= 0.3 is 0 Å². The molecule has 0 aromatic rings. The molecular formula is C13H23NO2. The van der Waals surface area contributed by atoms with Gasteiger partial charge < -0.3 is 9.64 Å². The second-order valence-electron chi connectivity index (χ2n) is 4.98. The van der Waals surface area contributed by atoms with Gasteiger partial charge in [-0.1, -0.05) is 6.92 Å². The molecule has 0 saturated carbocycles. The highest BCUT2D eigenvalue weighted by atomic mass is 16.5. The Kier molecular flexibility index (Phi) is 4.22. The average molecular weight is 225 g/mol. The molecule has 0 N–H and O–H groups in total. The minimum atomic E-state index is 0.237. The Labute approximate surface area is 98.1 Å². The summed E-state index contributed by atoms with van der Waals surface area (Å²) in [6, 6.07) is 0.504. The Morgan fingerprint density at radius 2 is 2.00 bits per heavy atom. The third kappa shape index (κ3) is 2.57. The van der Waals surface area contributed by atoms with E-state index in [1.807, 2.05) is 0 Å². The monoisotopic (exact) mass is 225 g/mol. The van der Waals surface area contributed by atoms with Crippen molar-refractivity contribution in [1.29, 1.82) is 0 Å². The van der Waals surface area contributed by atoms with Gasteiger partial charge in [-0.2, -0.15) is 0 Å². The van der Waals surface area contributed by atoms with Crippen LogP contribution in [-0.4, -0.2) is 36.6 Å². The average Bonchev–Trinajstić information content (AvgIpc) is 2.39. The quantitative estimate of drug-likeness (QED) is 0.721. The van der Waals surface area contributed by atoms with E-state index in [4.69, 9.17) is 4.74 Å². The fourth-order valence-electron chi connectivity index (χ4n) is 2.89. The highest BCUT2D eigenvalue weighted by molar-refractivity contribution is 5.79. The Morgan fingerprint density at radius 1 is 1.25 bits per heavy atom. The molecule has 2 rings (SSSR count). The lowest BCUT2D eigenvalue weighted by Crippen LogP contribution is -2.47. The zero-order valence-electron chi connectivity index (χ0n) is 10.3. The zero-order valence-corrected chi connectivity index (χ0v) is 10.3. The number of carbonyl (C=O) groups excluding carboxylic acids is 1. The maximum Gasteiger partial charge on any atom is 0.226 e. The third-order valence-corrected chi connectivity index (χ3v) is 3.95. The van der Waals surface area contributed by atoms with E-state index in [1.165, 1.54) is 19.3 Å². The minimum absolute atomic E-state index is 0.237. The van der Waals surface area contributed by atoms with Crippen LogP contribution in [0.2, 0.25) is 0 Å². The largest absolute Gasteiger partial charge is 0.381 e. The van der Waals surface area contributed by atoms with E-state index in [1.54, 1.807) is 0 Å². The number of amides is 1. The van der Waals surface area contributed by atoms with Crippen LogP contribution < -0.4 is 0 Å². The van der Waals surface area contributed by atoms with Gasteiger partial charge in [0.1, 0.15) is 0 Å². The van der Waals surface area contributed by atoms with E-state index in [-0.39, 0.29) is 5.92 Å². The molecule has 2 saturated heterocycles. The molecule has 0 spiro atoms. The first kappa shape index (κ1) is 11.9. The summed E-state index contributed by atoms with van der Waals surface area (Å²) in [6.07, 6.45) is 6.62. The van der Waals surface area contributed by atoms with Crippen molar-refractivity contribution in [1.82, 2.24) is 4.90 Å². The SMILES string of the molecule is CC[C@H]1CCCCN1C(=O)C1CCOCC1. The van der Waals surface area contributed by atoms with Crippen LogP contribution in [0.5, 0.6) is 0 Å². The minimum Gasteiger partial charge on any atom is -0.381 e. The molecule has 3 nitrogen and oxygen atoms in total. The van der Waals surface area contributed by atoms with Gasteiger partial charge in [0, 0.05) is 31.7 Å². The Hall–Kier alpha value is -0.570. The summed E-state index contributed by atoms with van der Waals surface area (Å²) in [5, 5.41) is 0. The summed E-state index contributed by atoms with van der Waals surface area (Å²) in [5.41, 5.74) is 0. The maximum absolute atomic E-state index is 12.4. The van der Waals surface area contributed by atoms with Crippen molar-refractivity contribution in [3.63, 3.8) is 0 Å². The van der Waals surface area contributed by atoms with Crippen molar-refractivity contribution in [3.05, 3.63) is 0 Å². The van der Waals surface area contributed by atoms with Crippen LogP contribution in [0.4, 0.5) is 0 Å². The number of likely N-dealkylation sites (tertiary alicyclic amines) is 1. The molecular weight excluding hydrogens is 202 g/mol. The van der Waals surface area contributed by atoms with Crippen LogP contribution in [0.3, 0.4) is 0 Å². The molecule has 3 heteroatoms. The van der Waals surface area contributed by atoms with E-state index in [0.29, 0.717) is 11.9 Å². The third-order valence-electron chi connectivity index (χ3n) is 3.95. The number of piperidine rings is 1. The predicted molar refractivity (Wildman–Crippen MR) is 63.2 cm³/mol. The lowest BCUT2D eigenvalue weighted by atomic mass is 9.94. The van der Waals surface area contributed by atoms with Crippen molar-refractivity contribution < 1.29 is 9.53 Å². The Bertz CT molecular complexity index is 236. The molecule has 0 bridgehead atoms. The van der Waals surface area contributed by atoms with Gasteiger partial charge in [0.25, 0.3) is 0 Å². The van der Waals surface area contributed by atoms with Gasteiger partial charge in [-0.15, -0.1) is 0 Å². The lowest BCUT2D eigenvalue weighted by Gasteiger charge is -2.38. The molecule has 2 aliphatic rings.